The summed E-state index contributed by atoms with van der Waals surface area (Å²) in [5, 5.41) is 6.42. The smallest absolute Gasteiger partial charge is 0.227 e. The van der Waals surface area contributed by atoms with E-state index in [1.807, 2.05) is 18.2 Å². The summed E-state index contributed by atoms with van der Waals surface area (Å²) in [6.45, 7) is 4.49. The van der Waals surface area contributed by atoms with Crippen molar-refractivity contribution in [3.8, 4) is 0 Å². The summed E-state index contributed by atoms with van der Waals surface area (Å²) in [6, 6.07) is 5.76. The Morgan fingerprint density at radius 3 is 3.05 bits per heavy atom. The van der Waals surface area contributed by atoms with Gasteiger partial charge in [-0.25, -0.2) is 0 Å². The highest BCUT2D eigenvalue weighted by atomic mass is 16.2. The summed E-state index contributed by atoms with van der Waals surface area (Å²) in [6.07, 6.45) is 5.82. The third-order valence-electron chi connectivity index (χ3n) is 3.84. The summed E-state index contributed by atoms with van der Waals surface area (Å²) in [7, 11) is 0. The number of hydrogen-bond donors (Lipinski definition) is 2. The van der Waals surface area contributed by atoms with Crippen molar-refractivity contribution in [2.45, 2.75) is 39.2 Å². The Bertz CT molecular complexity index is 394. The van der Waals surface area contributed by atoms with Gasteiger partial charge >= 0.3 is 0 Å². The summed E-state index contributed by atoms with van der Waals surface area (Å²) in [5.74, 6) is 0.173. The van der Waals surface area contributed by atoms with Crippen molar-refractivity contribution in [2.75, 3.05) is 13.1 Å². The maximum absolute atomic E-state index is 12.5. The molecule has 1 amide bonds. The molecule has 1 aromatic rings. The van der Waals surface area contributed by atoms with E-state index in [-0.39, 0.29) is 11.3 Å². The van der Waals surface area contributed by atoms with E-state index in [0.29, 0.717) is 6.54 Å². The van der Waals surface area contributed by atoms with E-state index in [2.05, 4.69) is 22.5 Å². The topological polar surface area (TPSA) is 54.0 Å². The number of nitrogens with one attached hydrogen (secondary N) is 2. The lowest BCUT2D eigenvalue weighted by Crippen LogP contribution is -2.50. The van der Waals surface area contributed by atoms with Crippen LogP contribution in [0.15, 0.2) is 24.4 Å². The van der Waals surface area contributed by atoms with Crippen LogP contribution >= 0.6 is 0 Å². The third-order valence-corrected chi connectivity index (χ3v) is 3.84. The second kappa shape index (κ2) is 6.66. The van der Waals surface area contributed by atoms with Crippen LogP contribution in [0, 0.1) is 5.41 Å². The van der Waals surface area contributed by atoms with Crippen molar-refractivity contribution in [1.82, 2.24) is 15.6 Å². The number of hydrogen-bond acceptors (Lipinski definition) is 3. The van der Waals surface area contributed by atoms with Gasteiger partial charge in [0.05, 0.1) is 17.7 Å². The Kier molecular flexibility index (Phi) is 4.91. The monoisotopic (exact) mass is 261 g/mol. The highest BCUT2D eigenvalue weighted by Crippen LogP contribution is 2.31. The molecule has 0 radical (unpaired) electrons. The maximum atomic E-state index is 12.5. The minimum absolute atomic E-state index is 0.173. The van der Waals surface area contributed by atoms with E-state index >= 15 is 0 Å². The number of amides is 1. The Hall–Kier alpha value is -1.42. The molecule has 2 N–H and O–H groups in total. The molecule has 1 aliphatic heterocycles. The molecule has 0 spiro atoms. The van der Waals surface area contributed by atoms with Gasteiger partial charge in [-0.1, -0.05) is 19.4 Å². The van der Waals surface area contributed by atoms with Crippen LogP contribution in [0.4, 0.5) is 0 Å². The first-order valence-electron chi connectivity index (χ1n) is 7.16. The second-order valence-electron chi connectivity index (χ2n) is 5.31. The molecule has 1 unspecified atom stereocenters. The van der Waals surface area contributed by atoms with Gasteiger partial charge in [-0.2, -0.15) is 0 Å². The van der Waals surface area contributed by atoms with Crippen molar-refractivity contribution in [2.24, 2.45) is 5.41 Å². The highest BCUT2D eigenvalue weighted by molar-refractivity contribution is 5.83. The maximum Gasteiger partial charge on any atom is 0.227 e. The lowest BCUT2D eigenvalue weighted by Gasteiger charge is -2.36. The van der Waals surface area contributed by atoms with Crippen LogP contribution in [0.25, 0.3) is 0 Å². The summed E-state index contributed by atoms with van der Waals surface area (Å²) >= 11 is 0. The quantitative estimate of drug-likeness (QED) is 0.850. The standard InChI is InChI=1S/C15H23N3O/c1-2-7-15(8-5-9-16-12-15)14(19)18-11-13-6-3-4-10-17-13/h3-4,6,10,16H,2,5,7-9,11-12H2,1H3,(H,18,19). The molecule has 1 fully saturated rings. The van der Waals surface area contributed by atoms with E-state index in [1.54, 1.807) is 6.20 Å². The summed E-state index contributed by atoms with van der Waals surface area (Å²) in [5.41, 5.74) is 0.688. The van der Waals surface area contributed by atoms with Crippen molar-refractivity contribution < 1.29 is 4.79 Å². The van der Waals surface area contributed by atoms with E-state index in [1.165, 1.54) is 0 Å². The summed E-state index contributed by atoms with van der Waals surface area (Å²) in [4.78, 5) is 16.7. The molecule has 0 saturated carbocycles. The molecule has 0 bridgehead atoms. The zero-order chi connectivity index (χ0) is 13.6. The Morgan fingerprint density at radius 1 is 1.53 bits per heavy atom. The van der Waals surface area contributed by atoms with Crippen molar-refractivity contribution in [3.05, 3.63) is 30.1 Å². The average molecular weight is 261 g/mol. The molecule has 4 heteroatoms. The minimum Gasteiger partial charge on any atom is -0.350 e. The number of rotatable bonds is 5. The highest BCUT2D eigenvalue weighted by Gasteiger charge is 2.38. The van der Waals surface area contributed by atoms with Gasteiger partial charge in [0.2, 0.25) is 5.91 Å². The fourth-order valence-electron chi connectivity index (χ4n) is 2.83. The van der Waals surface area contributed by atoms with Gasteiger partial charge in [0, 0.05) is 12.7 Å². The van der Waals surface area contributed by atoms with Crippen LogP contribution in [-0.2, 0) is 11.3 Å². The number of aromatic nitrogens is 1. The first-order chi connectivity index (χ1) is 9.27. The fourth-order valence-corrected chi connectivity index (χ4v) is 2.83. The SMILES string of the molecule is CCCC1(C(=O)NCc2ccccn2)CCCNC1. The van der Waals surface area contributed by atoms with Gasteiger partial charge in [0.25, 0.3) is 0 Å². The fraction of sp³-hybridized carbons (Fsp3) is 0.600. The summed E-state index contributed by atoms with van der Waals surface area (Å²) < 4.78 is 0. The molecule has 2 rings (SSSR count). The molecule has 4 nitrogen and oxygen atoms in total. The molecule has 1 aromatic heterocycles. The first kappa shape index (κ1) is 14.0. The number of pyridine rings is 1. The van der Waals surface area contributed by atoms with E-state index < -0.39 is 0 Å². The molecule has 2 heterocycles. The predicted molar refractivity (Wildman–Crippen MR) is 75.5 cm³/mol. The lowest BCUT2D eigenvalue weighted by molar-refractivity contribution is -0.132. The third kappa shape index (κ3) is 3.53. The average Bonchev–Trinajstić information content (AvgIpc) is 2.47. The Morgan fingerprint density at radius 2 is 2.42 bits per heavy atom. The molecular formula is C15H23N3O. The molecule has 104 valence electrons. The van der Waals surface area contributed by atoms with Crippen molar-refractivity contribution >= 4 is 5.91 Å². The van der Waals surface area contributed by atoms with Gasteiger partial charge in [0.15, 0.2) is 0 Å². The van der Waals surface area contributed by atoms with Crippen LogP contribution in [-0.4, -0.2) is 24.0 Å². The molecule has 1 saturated heterocycles. The molecule has 19 heavy (non-hydrogen) atoms. The normalized spacial score (nSPS) is 23.0. The van der Waals surface area contributed by atoms with Gasteiger partial charge in [-0.15, -0.1) is 0 Å². The zero-order valence-corrected chi connectivity index (χ0v) is 11.6. The van der Waals surface area contributed by atoms with Crippen LogP contribution in [0.1, 0.15) is 38.3 Å². The van der Waals surface area contributed by atoms with Crippen LogP contribution < -0.4 is 10.6 Å². The van der Waals surface area contributed by atoms with E-state index in [4.69, 9.17) is 0 Å². The predicted octanol–water partition coefficient (Wildman–Crippen LogP) is 1.87. The number of carbonyl (C=O) groups is 1. The van der Waals surface area contributed by atoms with E-state index in [9.17, 15) is 4.79 Å². The van der Waals surface area contributed by atoms with E-state index in [0.717, 1.165) is 44.5 Å². The molecular weight excluding hydrogens is 238 g/mol. The molecule has 0 aromatic carbocycles. The first-order valence-corrected chi connectivity index (χ1v) is 7.16. The largest absolute Gasteiger partial charge is 0.350 e. The van der Waals surface area contributed by atoms with Gasteiger partial charge < -0.3 is 10.6 Å². The second-order valence-corrected chi connectivity index (χ2v) is 5.31. The van der Waals surface area contributed by atoms with Gasteiger partial charge in [-0.3, -0.25) is 9.78 Å². The van der Waals surface area contributed by atoms with Crippen LogP contribution in [0.2, 0.25) is 0 Å². The van der Waals surface area contributed by atoms with Crippen molar-refractivity contribution in [3.63, 3.8) is 0 Å². The molecule has 1 atom stereocenters. The number of piperidine rings is 1. The van der Waals surface area contributed by atoms with Gasteiger partial charge in [0.1, 0.15) is 0 Å². The molecule has 0 aliphatic carbocycles. The number of carbonyl (C=O) groups excluding carboxylic acids is 1. The Balaban J connectivity index is 1.96. The Labute approximate surface area is 115 Å². The number of nitrogens with zero attached hydrogens (tertiary/aromatic N) is 1. The van der Waals surface area contributed by atoms with Crippen LogP contribution in [0.3, 0.4) is 0 Å². The minimum atomic E-state index is -0.220. The van der Waals surface area contributed by atoms with Gasteiger partial charge in [-0.05, 0) is 37.9 Å². The molecule has 1 aliphatic rings. The zero-order valence-electron chi connectivity index (χ0n) is 11.6. The van der Waals surface area contributed by atoms with Crippen molar-refractivity contribution in [1.29, 1.82) is 0 Å². The lowest BCUT2D eigenvalue weighted by atomic mass is 9.76. The van der Waals surface area contributed by atoms with Crippen LogP contribution in [0.5, 0.6) is 0 Å².